The second kappa shape index (κ2) is 9.11. The lowest BCUT2D eigenvalue weighted by molar-refractivity contribution is 0.102. The van der Waals surface area contributed by atoms with Crippen molar-refractivity contribution in [1.29, 1.82) is 0 Å². The summed E-state index contributed by atoms with van der Waals surface area (Å²) in [7, 11) is 1.54. The zero-order valence-corrected chi connectivity index (χ0v) is 16.3. The molecule has 0 fully saturated rings. The van der Waals surface area contributed by atoms with Crippen LogP contribution in [0.3, 0.4) is 0 Å². The highest BCUT2D eigenvalue weighted by molar-refractivity contribution is 7.82. The van der Waals surface area contributed by atoms with Gasteiger partial charge in [-0.25, -0.2) is 13.5 Å². The van der Waals surface area contributed by atoms with Crippen LogP contribution in [0.15, 0.2) is 72.8 Å². The maximum Gasteiger partial charge on any atom is 0.336 e. The lowest BCUT2D eigenvalue weighted by Crippen LogP contribution is -2.26. The zero-order chi connectivity index (χ0) is 20.8. The molecule has 0 bridgehead atoms. The highest BCUT2D eigenvalue weighted by Crippen LogP contribution is 2.23. The Morgan fingerprint density at radius 1 is 0.931 bits per heavy atom. The molecule has 0 aliphatic heterocycles. The molecule has 148 valence electrons. The third-order valence-corrected chi connectivity index (χ3v) is 4.41. The highest BCUT2D eigenvalue weighted by Gasteiger charge is 2.14. The maximum absolute atomic E-state index is 13.7. The largest absolute Gasteiger partial charge is 0.497 e. The second-order valence-electron chi connectivity index (χ2n) is 5.95. The van der Waals surface area contributed by atoms with Gasteiger partial charge in [-0.1, -0.05) is 31.0 Å². The molecule has 0 unspecified atom stereocenters. The normalized spacial score (nSPS) is 10.2. The Balaban J connectivity index is 1.65. The number of benzene rings is 3. The van der Waals surface area contributed by atoms with Crippen LogP contribution in [-0.4, -0.2) is 19.0 Å². The average molecular weight is 411 g/mol. The van der Waals surface area contributed by atoms with Crippen molar-refractivity contribution in [1.82, 2.24) is 0 Å². The first-order chi connectivity index (χ1) is 14.0. The molecule has 0 aliphatic rings. The van der Waals surface area contributed by atoms with Crippen LogP contribution in [0.5, 0.6) is 5.75 Å². The van der Waals surface area contributed by atoms with Gasteiger partial charge < -0.3 is 15.4 Å². The Bertz CT molecular complexity index is 1030. The van der Waals surface area contributed by atoms with Crippen molar-refractivity contribution in [2.45, 2.75) is 0 Å². The molecule has 29 heavy (non-hydrogen) atoms. The fraction of sp³-hybridized carbons (Fsp3) is 0.0476. The lowest BCUT2D eigenvalue weighted by atomic mass is 10.2. The molecule has 0 aromatic heterocycles. The molecule has 6 nitrogen and oxygen atoms in total. The van der Waals surface area contributed by atoms with E-state index >= 15 is 0 Å². The van der Waals surface area contributed by atoms with Crippen LogP contribution in [0.1, 0.15) is 10.4 Å². The Labute approximate surface area is 172 Å². The predicted molar refractivity (Wildman–Crippen MR) is 114 cm³/mol. The molecule has 0 heterocycles. The van der Waals surface area contributed by atoms with Gasteiger partial charge in [0.05, 0.1) is 18.4 Å². The summed E-state index contributed by atoms with van der Waals surface area (Å²) in [6, 6.07) is 18.6. The summed E-state index contributed by atoms with van der Waals surface area (Å²) in [5.74, 6) is -0.546. The highest BCUT2D eigenvalue weighted by atomic mass is 32.1. The molecule has 3 aromatic carbocycles. The molecule has 0 saturated heterocycles. The van der Waals surface area contributed by atoms with E-state index < -0.39 is 17.8 Å². The molecule has 3 aromatic rings. The summed E-state index contributed by atoms with van der Waals surface area (Å²) in [4.78, 5) is 24.6. The number of rotatable bonds is 5. The van der Waals surface area contributed by atoms with Crippen LogP contribution in [0.2, 0.25) is 0 Å². The van der Waals surface area contributed by atoms with E-state index in [1.165, 1.54) is 18.2 Å². The summed E-state index contributed by atoms with van der Waals surface area (Å²) >= 11 is 4.22. The van der Waals surface area contributed by atoms with Crippen LogP contribution in [0.4, 0.5) is 26.2 Å². The molecule has 0 radical (unpaired) electrons. The van der Waals surface area contributed by atoms with Gasteiger partial charge in [-0.2, -0.15) is 0 Å². The fourth-order valence-corrected chi connectivity index (χ4v) is 2.71. The van der Waals surface area contributed by atoms with Crippen molar-refractivity contribution >= 4 is 41.8 Å². The number of ether oxygens (including phenoxy) is 1. The van der Waals surface area contributed by atoms with E-state index in [0.29, 0.717) is 22.8 Å². The van der Waals surface area contributed by atoms with Crippen molar-refractivity contribution < 1.29 is 18.7 Å². The number of halogens is 1. The number of carbonyl (C=O) groups is 2. The van der Waals surface area contributed by atoms with E-state index in [9.17, 15) is 14.0 Å². The van der Waals surface area contributed by atoms with Gasteiger partial charge in [0.15, 0.2) is 0 Å². The van der Waals surface area contributed by atoms with Gasteiger partial charge in [-0.15, -0.1) is 0 Å². The molecular weight excluding hydrogens is 393 g/mol. The number of amides is 3. The predicted octanol–water partition coefficient (Wildman–Crippen LogP) is 4.97. The number of nitrogens with one attached hydrogen (secondary N) is 2. The number of nitrogens with zero attached hydrogens (tertiary/aromatic N) is 1. The fourth-order valence-electron chi connectivity index (χ4n) is 2.52. The van der Waals surface area contributed by atoms with E-state index in [4.69, 9.17) is 4.74 Å². The number of hydrogen-bond donors (Lipinski definition) is 3. The quantitative estimate of drug-likeness (QED) is 0.519. The first-order valence-corrected chi connectivity index (χ1v) is 8.98. The van der Waals surface area contributed by atoms with Crippen LogP contribution >= 0.6 is 12.8 Å². The van der Waals surface area contributed by atoms with Crippen molar-refractivity contribution in [2.24, 2.45) is 0 Å². The first kappa shape index (κ1) is 20.2. The van der Waals surface area contributed by atoms with E-state index in [1.54, 1.807) is 61.7 Å². The molecule has 0 aliphatic carbocycles. The Morgan fingerprint density at radius 3 is 2.34 bits per heavy atom. The van der Waals surface area contributed by atoms with Crippen LogP contribution in [-0.2, 0) is 0 Å². The maximum atomic E-state index is 13.7. The molecule has 8 heteroatoms. The Kier molecular flexibility index (Phi) is 6.36. The Morgan fingerprint density at radius 2 is 1.66 bits per heavy atom. The van der Waals surface area contributed by atoms with E-state index in [2.05, 4.69) is 23.4 Å². The van der Waals surface area contributed by atoms with Crippen molar-refractivity contribution in [3.63, 3.8) is 0 Å². The topological polar surface area (TPSA) is 70.7 Å². The summed E-state index contributed by atoms with van der Waals surface area (Å²) in [5, 5.41) is 5.32. The summed E-state index contributed by atoms with van der Waals surface area (Å²) < 4.78 is 19.9. The Hall–Kier alpha value is -3.52. The minimum Gasteiger partial charge on any atom is -0.497 e. The number of thiol groups is 1. The van der Waals surface area contributed by atoms with Gasteiger partial charge in [0.25, 0.3) is 5.91 Å². The summed E-state index contributed by atoms with van der Waals surface area (Å²) in [6.07, 6.45) is 0. The van der Waals surface area contributed by atoms with Crippen LogP contribution in [0, 0.1) is 5.82 Å². The minimum atomic E-state index is -0.600. The molecule has 2 N–H and O–H groups in total. The van der Waals surface area contributed by atoms with Gasteiger partial charge in [-0.05, 0) is 48.5 Å². The number of hydrogen-bond acceptors (Lipinski definition) is 4. The lowest BCUT2D eigenvalue weighted by Gasteiger charge is -2.17. The second-order valence-corrected chi connectivity index (χ2v) is 6.35. The first-order valence-electron chi connectivity index (χ1n) is 8.58. The van der Waals surface area contributed by atoms with Gasteiger partial charge in [0, 0.05) is 17.4 Å². The van der Waals surface area contributed by atoms with Crippen molar-refractivity contribution in [3.8, 4) is 5.75 Å². The standard InChI is InChI=1S/C21H18FN3O3S/c1-28-17-6-4-5-15(13-17)24-21(27)25(29)16-11-9-14(10-12-16)23-20(26)18-7-2-3-8-19(18)22/h2-13,29H,1H3,(H,23,26)(H,24,27). The zero-order valence-electron chi connectivity index (χ0n) is 15.4. The molecule has 0 saturated carbocycles. The summed E-state index contributed by atoms with van der Waals surface area (Å²) in [6.45, 7) is 0. The van der Waals surface area contributed by atoms with Gasteiger partial charge >= 0.3 is 6.03 Å². The number of methoxy groups -OCH3 is 1. The molecule has 3 rings (SSSR count). The van der Waals surface area contributed by atoms with Crippen LogP contribution in [0.25, 0.3) is 0 Å². The SMILES string of the molecule is COc1cccc(NC(=O)N(S)c2ccc(NC(=O)c3ccccc3F)cc2)c1. The average Bonchev–Trinajstić information content (AvgIpc) is 2.74. The van der Waals surface area contributed by atoms with Crippen molar-refractivity contribution in [3.05, 3.63) is 84.2 Å². The molecule has 0 atom stereocenters. The molecule has 0 spiro atoms. The smallest absolute Gasteiger partial charge is 0.336 e. The van der Waals surface area contributed by atoms with Gasteiger partial charge in [0.1, 0.15) is 11.6 Å². The number of carbonyl (C=O) groups excluding carboxylic acids is 2. The number of anilines is 3. The summed E-state index contributed by atoms with van der Waals surface area (Å²) in [5.41, 5.74) is 1.45. The van der Waals surface area contributed by atoms with Gasteiger partial charge in [0.2, 0.25) is 0 Å². The van der Waals surface area contributed by atoms with E-state index in [0.717, 1.165) is 4.31 Å². The third kappa shape index (κ3) is 5.05. The van der Waals surface area contributed by atoms with Gasteiger partial charge in [-0.3, -0.25) is 4.79 Å². The minimum absolute atomic E-state index is 0.0509. The van der Waals surface area contributed by atoms with E-state index in [1.807, 2.05) is 0 Å². The van der Waals surface area contributed by atoms with Crippen molar-refractivity contribution in [2.75, 3.05) is 22.0 Å². The third-order valence-electron chi connectivity index (χ3n) is 4.00. The van der Waals surface area contributed by atoms with E-state index in [-0.39, 0.29) is 5.56 Å². The van der Waals surface area contributed by atoms with Crippen LogP contribution < -0.4 is 19.7 Å². The molecular formula is C21H18FN3O3S. The number of urea groups is 1. The molecule has 3 amide bonds. The monoisotopic (exact) mass is 411 g/mol.